The molecule has 142 valence electrons. The molecule has 1 aromatic rings. The molecule has 1 aliphatic heterocycles. The predicted octanol–water partition coefficient (Wildman–Crippen LogP) is 3.13. The normalized spacial score (nSPS) is 20.3. The van der Waals surface area contributed by atoms with Gasteiger partial charge in [0.2, 0.25) is 0 Å². The number of Topliss-reactive ketones (excluding diaryl/α,β-unsaturated/α-hetero) is 2. The average molecular weight is 361 g/mol. The Kier molecular flexibility index (Phi) is 6.53. The molecule has 0 aliphatic carbocycles. The fraction of sp³-hybridized carbons (Fsp3) is 0.550. The molecule has 6 heteroatoms. The van der Waals surface area contributed by atoms with Crippen LogP contribution >= 0.6 is 0 Å². The minimum absolute atomic E-state index is 0.00720. The Morgan fingerprint density at radius 1 is 1.19 bits per heavy atom. The molecule has 2 unspecified atom stereocenters. The average Bonchev–Trinajstić information content (AvgIpc) is 2.82. The summed E-state index contributed by atoms with van der Waals surface area (Å²) in [5, 5.41) is 0. The molecule has 1 amide bonds. The lowest BCUT2D eigenvalue weighted by Crippen LogP contribution is -2.47. The summed E-state index contributed by atoms with van der Waals surface area (Å²) >= 11 is 0. The van der Waals surface area contributed by atoms with Gasteiger partial charge in [-0.1, -0.05) is 30.3 Å². The van der Waals surface area contributed by atoms with Crippen LogP contribution in [0.25, 0.3) is 0 Å². The second-order valence-corrected chi connectivity index (χ2v) is 7.63. The first-order chi connectivity index (χ1) is 12.2. The Labute approximate surface area is 154 Å². The molecule has 0 saturated carbocycles. The molecule has 1 fully saturated rings. The largest absolute Gasteiger partial charge is 0.444 e. The van der Waals surface area contributed by atoms with Gasteiger partial charge >= 0.3 is 6.09 Å². The quantitative estimate of drug-likeness (QED) is 0.778. The molecule has 0 N–H and O–H groups in total. The van der Waals surface area contributed by atoms with Crippen molar-refractivity contribution in [2.24, 2.45) is 0 Å². The fourth-order valence-corrected chi connectivity index (χ4v) is 2.98. The highest BCUT2D eigenvalue weighted by Gasteiger charge is 2.45. The molecule has 0 spiro atoms. The minimum Gasteiger partial charge on any atom is -0.444 e. The summed E-state index contributed by atoms with van der Waals surface area (Å²) in [5.74, 6) is -0.262. The first-order valence-corrected chi connectivity index (χ1v) is 8.82. The van der Waals surface area contributed by atoms with Crippen LogP contribution in [0.15, 0.2) is 30.3 Å². The van der Waals surface area contributed by atoms with E-state index in [2.05, 4.69) is 0 Å². The second-order valence-electron chi connectivity index (χ2n) is 7.63. The number of likely N-dealkylation sites (tertiary alicyclic amines) is 1. The van der Waals surface area contributed by atoms with E-state index in [1.54, 1.807) is 20.8 Å². The van der Waals surface area contributed by atoms with E-state index in [0.29, 0.717) is 6.61 Å². The minimum atomic E-state index is -0.771. The SMILES string of the molecule is CC(=O)CC1C(=O)CC(COCc2ccccc2)N1C(=O)OC(C)(C)C. The van der Waals surface area contributed by atoms with Gasteiger partial charge in [-0.05, 0) is 33.3 Å². The lowest BCUT2D eigenvalue weighted by molar-refractivity contribution is -0.125. The van der Waals surface area contributed by atoms with Crippen molar-refractivity contribution in [2.45, 2.75) is 64.8 Å². The zero-order valence-corrected chi connectivity index (χ0v) is 15.9. The molecule has 0 aromatic heterocycles. The Morgan fingerprint density at radius 3 is 2.42 bits per heavy atom. The zero-order valence-electron chi connectivity index (χ0n) is 15.9. The number of carbonyl (C=O) groups excluding carboxylic acids is 3. The van der Waals surface area contributed by atoms with Crippen LogP contribution in [0.5, 0.6) is 0 Å². The molecule has 0 bridgehead atoms. The Bertz CT molecular complexity index is 650. The highest BCUT2D eigenvalue weighted by Crippen LogP contribution is 2.27. The topological polar surface area (TPSA) is 72.9 Å². The van der Waals surface area contributed by atoms with Crippen molar-refractivity contribution < 1.29 is 23.9 Å². The van der Waals surface area contributed by atoms with Gasteiger partial charge in [0.05, 0.1) is 19.3 Å². The van der Waals surface area contributed by atoms with Crippen LogP contribution in [0.2, 0.25) is 0 Å². The summed E-state index contributed by atoms with van der Waals surface area (Å²) in [6, 6.07) is 8.48. The van der Waals surface area contributed by atoms with Gasteiger partial charge in [-0.15, -0.1) is 0 Å². The first kappa shape index (κ1) is 20.1. The molecule has 6 nitrogen and oxygen atoms in total. The fourth-order valence-electron chi connectivity index (χ4n) is 2.98. The van der Waals surface area contributed by atoms with Crippen LogP contribution in [0, 0.1) is 0 Å². The van der Waals surface area contributed by atoms with E-state index in [1.807, 2.05) is 30.3 Å². The van der Waals surface area contributed by atoms with Crippen LogP contribution in [0.4, 0.5) is 4.79 Å². The van der Waals surface area contributed by atoms with Gasteiger partial charge in [0, 0.05) is 12.8 Å². The third-order valence-corrected chi connectivity index (χ3v) is 4.04. The van der Waals surface area contributed by atoms with Gasteiger partial charge in [-0.3, -0.25) is 14.5 Å². The van der Waals surface area contributed by atoms with E-state index >= 15 is 0 Å². The number of benzene rings is 1. The van der Waals surface area contributed by atoms with E-state index in [4.69, 9.17) is 9.47 Å². The molecule has 1 saturated heterocycles. The predicted molar refractivity (Wildman–Crippen MR) is 96.7 cm³/mol. The third kappa shape index (κ3) is 5.66. The maximum absolute atomic E-state index is 12.6. The van der Waals surface area contributed by atoms with E-state index in [-0.39, 0.29) is 31.0 Å². The van der Waals surface area contributed by atoms with Gasteiger partial charge < -0.3 is 9.47 Å². The number of ketones is 2. The third-order valence-electron chi connectivity index (χ3n) is 4.04. The van der Waals surface area contributed by atoms with E-state index < -0.39 is 23.8 Å². The van der Waals surface area contributed by atoms with Crippen LogP contribution in [-0.2, 0) is 25.7 Å². The summed E-state index contributed by atoms with van der Waals surface area (Å²) in [6.45, 7) is 7.33. The summed E-state index contributed by atoms with van der Waals surface area (Å²) in [5.41, 5.74) is 0.333. The zero-order chi connectivity index (χ0) is 19.3. The maximum atomic E-state index is 12.6. The smallest absolute Gasteiger partial charge is 0.411 e. The van der Waals surface area contributed by atoms with Crippen molar-refractivity contribution in [2.75, 3.05) is 6.61 Å². The number of amides is 1. The Morgan fingerprint density at radius 2 is 1.85 bits per heavy atom. The number of rotatable bonds is 6. The number of nitrogens with zero attached hydrogens (tertiary/aromatic N) is 1. The summed E-state index contributed by atoms with van der Waals surface area (Å²) < 4.78 is 11.2. The van der Waals surface area contributed by atoms with Crippen molar-refractivity contribution >= 4 is 17.7 Å². The van der Waals surface area contributed by atoms with Crippen molar-refractivity contribution in [1.82, 2.24) is 4.90 Å². The molecule has 1 aliphatic rings. The number of ether oxygens (including phenoxy) is 2. The molecule has 2 rings (SSSR count). The monoisotopic (exact) mass is 361 g/mol. The van der Waals surface area contributed by atoms with Crippen molar-refractivity contribution in [3.8, 4) is 0 Å². The van der Waals surface area contributed by atoms with Crippen molar-refractivity contribution in [1.29, 1.82) is 0 Å². The lowest BCUT2D eigenvalue weighted by Gasteiger charge is -2.31. The Hall–Kier alpha value is -2.21. The number of hydrogen-bond donors (Lipinski definition) is 0. The molecule has 0 radical (unpaired) electrons. The molecule has 1 aromatic carbocycles. The van der Waals surface area contributed by atoms with Gasteiger partial charge in [0.15, 0.2) is 5.78 Å². The van der Waals surface area contributed by atoms with Crippen LogP contribution in [0.3, 0.4) is 0 Å². The number of hydrogen-bond acceptors (Lipinski definition) is 5. The highest BCUT2D eigenvalue weighted by molar-refractivity contribution is 5.95. The summed E-state index contributed by atoms with van der Waals surface area (Å²) in [7, 11) is 0. The molecule has 2 atom stereocenters. The van der Waals surface area contributed by atoms with E-state index in [9.17, 15) is 14.4 Å². The molecular weight excluding hydrogens is 334 g/mol. The van der Waals surface area contributed by atoms with Gasteiger partial charge in [-0.25, -0.2) is 4.79 Å². The molecule has 1 heterocycles. The second kappa shape index (κ2) is 8.45. The van der Waals surface area contributed by atoms with E-state index in [1.165, 1.54) is 11.8 Å². The summed E-state index contributed by atoms with van der Waals surface area (Å²) in [4.78, 5) is 37.9. The summed E-state index contributed by atoms with van der Waals surface area (Å²) in [6.07, 6.45) is -0.401. The van der Waals surface area contributed by atoms with Crippen LogP contribution in [-0.4, -0.2) is 46.9 Å². The van der Waals surface area contributed by atoms with E-state index in [0.717, 1.165) is 5.56 Å². The number of carbonyl (C=O) groups is 3. The maximum Gasteiger partial charge on any atom is 0.411 e. The first-order valence-electron chi connectivity index (χ1n) is 8.82. The molecular formula is C20H27NO5. The van der Waals surface area contributed by atoms with Gasteiger partial charge in [0.25, 0.3) is 0 Å². The lowest BCUT2D eigenvalue weighted by atomic mass is 10.1. The molecule has 26 heavy (non-hydrogen) atoms. The van der Waals surface area contributed by atoms with Crippen molar-refractivity contribution in [3.63, 3.8) is 0 Å². The van der Waals surface area contributed by atoms with Crippen LogP contribution < -0.4 is 0 Å². The van der Waals surface area contributed by atoms with Gasteiger partial charge in [0.1, 0.15) is 17.4 Å². The highest BCUT2D eigenvalue weighted by atomic mass is 16.6. The standard InChI is InChI=1S/C20H27NO5/c1-14(22)10-17-18(23)11-16(21(17)19(24)26-20(2,3)4)13-25-12-15-8-6-5-7-9-15/h5-9,16-17H,10-13H2,1-4H3. The van der Waals surface area contributed by atoms with Crippen molar-refractivity contribution in [3.05, 3.63) is 35.9 Å². The van der Waals surface area contributed by atoms with Crippen LogP contribution in [0.1, 0.15) is 46.1 Å². The van der Waals surface area contributed by atoms with Gasteiger partial charge in [-0.2, -0.15) is 0 Å². The Balaban J connectivity index is 2.07.